The number of hydrogen-bond acceptors (Lipinski definition) is 3. The average molecular weight is 365 g/mol. The van der Waals surface area contributed by atoms with Gasteiger partial charge in [-0.25, -0.2) is 13.1 Å². The summed E-state index contributed by atoms with van der Waals surface area (Å²) >= 11 is 5.97. The molecular weight excluding hydrogens is 348 g/mol. The Hall–Kier alpha value is -2.15. The summed E-state index contributed by atoms with van der Waals surface area (Å²) in [7, 11) is -3.47. The lowest BCUT2D eigenvalue weighted by molar-refractivity contribution is -0.111. The second-order valence-electron chi connectivity index (χ2n) is 4.87. The summed E-state index contributed by atoms with van der Waals surface area (Å²) in [6, 6.07) is 13.2. The van der Waals surface area contributed by atoms with Gasteiger partial charge in [-0.1, -0.05) is 42.8 Å². The molecule has 0 bridgehead atoms. The van der Waals surface area contributed by atoms with E-state index in [1.54, 1.807) is 49.4 Å². The molecule has 0 radical (unpaired) electrons. The Morgan fingerprint density at radius 2 is 1.79 bits per heavy atom. The van der Waals surface area contributed by atoms with Crippen LogP contribution in [0.1, 0.15) is 12.5 Å². The number of rotatable bonds is 6. The van der Waals surface area contributed by atoms with Crippen LogP contribution >= 0.6 is 11.6 Å². The first-order chi connectivity index (χ1) is 11.4. The van der Waals surface area contributed by atoms with Gasteiger partial charge < -0.3 is 5.32 Å². The molecule has 0 aliphatic rings. The van der Waals surface area contributed by atoms with Crippen molar-refractivity contribution in [3.8, 4) is 0 Å². The molecule has 0 unspecified atom stereocenters. The first kappa shape index (κ1) is 18.2. The first-order valence-electron chi connectivity index (χ1n) is 7.25. The van der Waals surface area contributed by atoms with Gasteiger partial charge in [-0.3, -0.25) is 4.79 Å². The van der Waals surface area contributed by atoms with Crippen LogP contribution < -0.4 is 10.0 Å². The fourth-order valence-electron chi connectivity index (χ4n) is 1.94. The second kappa shape index (κ2) is 8.10. The normalized spacial score (nSPS) is 11.6. The third kappa shape index (κ3) is 4.92. The minimum atomic E-state index is -3.47. The van der Waals surface area contributed by atoms with E-state index in [0.29, 0.717) is 22.8 Å². The molecule has 5 nitrogen and oxygen atoms in total. The second-order valence-corrected chi connectivity index (χ2v) is 7.05. The van der Waals surface area contributed by atoms with Gasteiger partial charge in [0.15, 0.2) is 0 Å². The summed E-state index contributed by atoms with van der Waals surface area (Å²) in [5.41, 5.74) is 1.24. The fraction of sp³-hybridized carbons (Fsp3) is 0.118. The number of sulfonamides is 1. The lowest BCUT2D eigenvalue weighted by atomic mass is 10.2. The van der Waals surface area contributed by atoms with Crippen molar-refractivity contribution in [3.63, 3.8) is 0 Å². The zero-order valence-electron chi connectivity index (χ0n) is 13.0. The van der Waals surface area contributed by atoms with Crippen LogP contribution in [0, 0.1) is 0 Å². The van der Waals surface area contributed by atoms with Crippen molar-refractivity contribution in [1.29, 1.82) is 0 Å². The van der Waals surface area contributed by atoms with Crippen molar-refractivity contribution < 1.29 is 13.2 Å². The van der Waals surface area contributed by atoms with E-state index in [-0.39, 0.29) is 10.8 Å². The summed E-state index contributed by atoms with van der Waals surface area (Å²) in [4.78, 5) is 12.1. The molecule has 2 N–H and O–H groups in total. The molecule has 0 atom stereocenters. The van der Waals surface area contributed by atoms with E-state index in [0.717, 1.165) is 0 Å². The molecule has 0 spiro atoms. The molecule has 0 aliphatic heterocycles. The molecule has 0 fully saturated rings. The Bertz CT molecular complexity index is 846. The van der Waals surface area contributed by atoms with E-state index in [1.807, 2.05) is 0 Å². The summed E-state index contributed by atoms with van der Waals surface area (Å²) < 4.78 is 26.1. The van der Waals surface area contributed by atoms with E-state index < -0.39 is 10.0 Å². The highest BCUT2D eigenvalue weighted by atomic mass is 35.5. The Morgan fingerprint density at radius 3 is 2.42 bits per heavy atom. The minimum Gasteiger partial charge on any atom is -0.321 e. The molecule has 0 saturated carbocycles. The van der Waals surface area contributed by atoms with Gasteiger partial charge in [0.05, 0.1) is 15.6 Å². The summed E-state index contributed by atoms with van der Waals surface area (Å²) in [6.07, 6.45) is 2.95. The van der Waals surface area contributed by atoms with Crippen LogP contribution in [0.15, 0.2) is 59.5 Å². The minimum absolute atomic E-state index is 0.182. The fourth-order valence-corrected chi connectivity index (χ4v) is 3.16. The lowest BCUT2D eigenvalue weighted by Crippen LogP contribution is -2.22. The molecule has 2 aromatic carbocycles. The van der Waals surface area contributed by atoms with Gasteiger partial charge in [-0.2, -0.15) is 0 Å². The number of carbonyl (C=O) groups is 1. The van der Waals surface area contributed by atoms with Crippen molar-refractivity contribution in [2.24, 2.45) is 0 Å². The maximum atomic E-state index is 11.9. The molecule has 24 heavy (non-hydrogen) atoms. The van der Waals surface area contributed by atoms with E-state index in [4.69, 9.17) is 11.6 Å². The van der Waals surface area contributed by atoms with Crippen LogP contribution in [-0.4, -0.2) is 20.9 Å². The highest BCUT2D eigenvalue weighted by Gasteiger charge is 2.11. The number of nitrogens with one attached hydrogen (secondary N) is 2. The maximum Gasteiger partial charge on any atom is 0.248 e. The van der Waals surface area contributed by atoms with Crippen molar-refractivity contribution >= 4 is 39.3 Å². The van der Waals surface area contributed by atoms with Gasteiger partial charge in [0.2, 0.25) is 15.9 Å². The maximum absolute atomic E-state index is 11.9. The van der Waals surface area contributed by atoms with Gasteiger partial charge in [-0.05, 0) is 35.9 Å². The molecule has 0 heterocycles. The van der Waals surface area contributed by atoms with Crippen LogP contribution in [0.4, 0.5) is 5.69 Å². The largest absolute Gasteiger partial charge is 0.321 e. The van der Waals surface area contributed by atoms with Crippen molar-refractivity contribution in [3.05, 3.63) is 65.2 Å². The van der Waals surface area contributed by atoms with Crippen LogP contribution in [0.2, 0.25) is 5.02 Å². The van der Waals surface area contributed by atoms with E-state index in [9.17, 15) is 13.2 Å². The molecule has 126 valence electrons. The Labute approximate surface area is 146 Å². The topological polar surface area (TPSA) is 75.3 Å². The highest BCUT2D eigenvalue weighted by molar-refractivity contribution is 7.89. The molecule has 2 rings (SSSR count). The van der Waals surface area contributed by atoms with E-state index in [1.165, 1.54) is 18.2 Å². The van der Waals surface area contributed by atoms with Crippen molar-refractivity contribution in [2.75, 3.05) is 11.9 Å². The van der Waals surface area contributed by atoms with Gasteiger partial charge in [0.25, 0.3) is 0 Å². The molecular formula is C17H17ClN2O3S. The number of amides is 1. The zero-order valence-corrected chi connectivity index (χ0v) is 14.6. The van der Waals surface area contributed by atoms with E-state index in [2.05, 4.69) is 10.0 Å². The van der Waals surface area contributed by atoms with Crippen molar-refractivity contribution in [2.45, 2.75) is 11.8 Å². The first-order valence-corrected chi connectivity index (χ1v) is 9.12. The SMILES string of the molecule is CCNS(=O)(=O)c1ccc(/C=C/C(=O)Nc2ccccc2Cl)cc1. The predicted octanol–water partition coefficient (Wildman–Crippen LogP) is 3.29. The van der Waals surface area contributed by atoms with Crippen molar-refractivity contribution in [1.82, 2.24) is 4.72 Å². The van der Waals surface area contributed by atoms with Crippen LogP contribution in [-0.2, 0) is 14.8 Å². The number of carbonyl (C=O) groups excluding carboxylic acids is 1. The third-order valence-electron chi connectivity index (χ3n) is 3.08. The molecule has 7 heteroatoms. The molecule has 0 aromatic heterocycles. The Morgan fingerprint density at radius 1 is 1.12 bits per heavy atom. The van der Waals surface area contributed by atoms with Gasteiger partial charge in [-0.15, -0.1) is 0 Å². The Balaban J connectivity index is 2.04. The number of halogens is 1. The van der Waals surface area contributed by atoms with Gasteiger partial charge in [0.1, 0.15) is 0 Å². The number of hydrogen-bond donors (Lipinski definition) is 2. The van der Waals surface area contributed by atoms with Crippen LogP contribution in [0.3, 0.4) is 0 Å². The van der Waals surface area contributed by atoms with Crippen LogP contribution in [0.5, 0.6) is 0 Å². The average Bonchev–Trinajstić information content (AvgIpc) is 2.55. The zero-order chi connectivity index (χ0) is 17.6. The van der Waals surface area contributed by atoms with E-state index >= 15 is 0 Å². The predicted molar refractivity (Wildman–Crippen MR) is 96.4 cm³/mol. The molecule has 2 aromatic rings. The molecule has 1 amide bonds. The summed E-state index contributed by atoms with van der Waals surface area (Å²) in [6.45, 7) is 2.04. The van der Waals surface area contributed by atoms with Gasteiger partial charge in [0, 0.05) is 12.6 Å². The van der Waals surface area contributed by atoms with Crippen LogP contribution in [0.25, 0.3) is 6.08 Å². The number of anilines is 1. The highest BCUT2D eigenvalue weighted by Crippen LogP contribution is 2.20. The smallest absolute Gasteiger partial charge is 0.248 e. The summed E-state index contributed by atoms with van der Waals surface area (Å²) in [5.74, 6) is -0.326. The molecule has 0 saturated heterocycles. The summed E-state index contributed by atoms with van der Waals surface area (Å²) in [5, 5.41) is 3.13. The monoisotopic (exact) mass is 364 g/mol. The van der Waals surface area contributed by atoms with Gasteiger partial charge >= 0.3 is 0 Å². The standard InChI is InChI=1S/C17H17ClN2O3S/c1-2-19-24(22,23)14-10-7-13(8-11-14)9-12-17(21)20-16-6-4-3-5-15(16)18/h3-12,19H,2H2,1H3,(H,20,21)/b12-9+. The number of para-hydroxylation sites is 1. The Kier molecular flexibility index (Phi) is 6.14. The third-order valence-corrected chi connectivity index (χ3v) is 4.97. The quantitative estimate of drug-likeness (QED) is 0.772. The molecule has 0 aliphatic carbocycles. The lowest BCUT2D eigenvalue weighted by Gasteiger charge is -2.05. The number of benzene rings is 2.